The first-order valence-electron chi connectivity index (χ1n) is 9.50. The molecule has 0 saturated heterocycles. The van der Waals surface area contributed by atoms with Crippen molar-refractivity contribution in [3.63, 3.8) is 0 Å². The first-order chi connectivity index (χ1) is 14.5. The topological polar surface area (TPSA) is 42.2 Å². The van der Waals surface area contributed by atoms with Gasteiger partial charge in [0.05, 0.1) is 6.42 Å². The number of nitrogens with zero attached hydrogens (tertiary/aromatic N) is 1. The Morgan fingerprint density at radius 3 is 2.53 bits per heavy atom. The number of halogens is 2. The molecule has 3 nitrogen and oxygen atoms in total. The molecule has 0 radical (unpaired) electrons. The van der Waals surface area contributed by atoms with E-state index in [2.05, 4.69) is 4.57 Å². The van der Waals surface area contributed by atoms with E-state index in [0.29, 0.717) is 22.9 Å². The second kappa shape index (κ2) is 8.94. The quantitative estimate of drug-likeness (QED) is 0.350. The van der Waals surface area contributed by atoms with Crippen molar-refractivity contribution >= 4 is 40.2 Å². The first-order valence-corrected chi connectivity index (χ1v) is 10.7. The number of aryl methyl sites for hydroxylation is 1. The fraction of sp³-hybridized carbons (Fsp3) is 0.125. The molecule has 0 aliphatic rings. The van der Waals surface area contributed by atoms with Gasteiger partial charge in [0, 0.05) is 38.0 Å². The summed E-state index contributed by atoms with van der Waals surface area (Å²) in [6.45, 7) is 0.620. The molecule has 0 amide bonds. The van der Waals surface area contributed by atoms with Gasteiger partial charge in [-0.25, -0.2) is 4.39 Å². The lowest BCUT2D eigenvalue weighted by atomic mass is 10.2. The monoisotopic (exact) mass is 439 g/mol. The number of hydrogen-bond acceptors (Lipinski definition) is 2. The standard InChI is InChI=1S/C24H19ClFNO2S/c25-18-7-5-16(6-8-18)15-27-19(9-12-24(28)29)13-17-14-20(10-11-22(17)27)30-23-4-2-1-3-21(23)26/h1-8,10-11,13-14H,9,12,15H2,(H,28,29). The molecule has 4 rings (SSSR count). The summed E-state index contributed by atoms with van der Waals surface area (Å²) in [5, 5.41) is 10.8. The number of carboxylic acids is 1. The molecule has 0 aliphatic carbocycles. The molecule has 0 fully saturated rings. The van der Waals surface area contributed by atoms with Gasteiger partial charge in [-0.15, -0.1) is 0 Å². The van der Waals surface area contributed by atoms with Gasteiger partial charge >= 0.3 is 5.97 Å². The highest BCUT2D eigenvalue weighted by Crippen LogP contribution is 2.33. The SMILES string of the molecule is O=C(O)CCc1cc2cc(Sc3ccccc3F)ccc2n1Cc1ccc(Cl)cc1. The molecule has 0 atom stereocenters. The maximum atomic E-state index is 14.0. The van der Waals surface area contributed by atoms with Crippen molar-refractivity contribution in [3.8, 4) is 0 Å². The summed E-state index contributed by atoms with van der Waals surface area (Å²) < 4.78 is 16.2. The minimum absolute atomic E-state index is 0.0633. The molecule has 0 aliphatic heterocycles. The lowest BCUT2D eigenvalue weighted by molar-refractivity contribution is -0.136. The van der Waals surface area contributed by atoms with Crippen LogP contribution in [0.4, 0.5) is 4.39 Å². The molecule has 0 spiro atoms. The molecule has 1 N–H and O–H groups in total. The number of benzene rings is 3. The minimum atomic E-state index is -0.825. The van der Waals surface area contributed by atoms with Crippen molar-refractivity contribution < 1.29 is 14.3 Å². The number of aromatic nitrogens is 1. The van der Waals surface area contributed by atoms with Crippen molar-refractivity contribution in [1.82, 2.24) is 4.57 Å². The predicted molar refractivity (Wildman–Crippen MR) is 119 cm³/mol. The Kier molecular flexibility index (Phi) is 6.11. The summed E-state index contributed by atoms with van der Waals surface area (Å²) in [7, 11) is 0. The third kappa shape index (κ3) is 4.69. The van der Waals surface area contributed by atoms with Crippen molar-refractivity contribution in [2.75, 3.05) is 0 Å². The van der Waals surface area contributed by atoms with Crippen LogP contribution >= 0.6 is 23.4 Å². The van der Waals surface area contributed by atoms with E-state index in [9.17, 15) is 9.18 Å². The number of aliphatic carboxylic acids is 1. The lowest BCUT2D eigenvalue weighted by Gasteiger charge is -2.11. The lowest BCUT2D eigenvalue weighted by Crippen LogP contribution is -2.06. The predicted octanol–water partition coefficient (Wildman–Crippen LogP) is 6.65. The highest BCUT2D eigenvalue weighted by atomic mass is 35.5. The van der Waals surface area contributed by atoms with Gasteiger partial charge in [-0.1, -0.05) is 47.6 Å². The van der Waals surface area contributed by atoms with Gasteiger partial charge in [0.1, 0.15) is 5.82 Å². The Morgan fingerprint density at radius 2 is 1.80 bits per heavy atom. The van der Waals surface area contributed by atoms with Crippen LogP contribution < -0.4 is 0 Å². The van der Waals surface area contributed by atoms with Gasteiger partial charge in [-0.2, -0.15) is 0 Å². The van der Waals surface area contributed by atoms with Gasteiger partial charge in [-0.3, -0.25) is 4.79 Å². The number of fused-ring (bicyclic) bond motifs is 1. The zero-order valence-corrected chi connectivity index (χ0v) is 17.6. The van der Waals surface area contributed by atoms with Crippen LogP contribution in [0.3, 0.4) is 0 Å². The normalized spacial score (nSPS) is 11.1. The van der Waals surface area contributed by atoms with Crippen LogP contribution in [0.25, 0.3) is 10.9 Å². The van der Waals surface area contributed by atoms with E-state index in [1.165, 1.54) is 17.8 Å². The summed E-state index contributed by atoms with van der Waals surface area (Å²) in [4.78, 5) is 12.6. The number of carbonyl (C=O) groups is 1. The molecule has 30 heavy (non-hydrogen) atoms. The average molecular weight is 440 g/mol. The largest absolute Gasteiger partial charge is 0.481 e. The van der Waals surface area contributed by atoms with E-state index in [4.69, 9.17) is 16.7 Å². The van der Waals surface area contributed by atoms with Crippen LogP contribution in [-0.2, 0) is 17.8 Å². The summed E-state index contributed by atoms with van der Waals surface area (Å²) >= 11 is 7.37. The highest BCUT2D eigenvalue weighted by molar-refractivity contribution is 7.99. The third-order valence-electron chi connectivity index (χ3n) is 4.87. The third-order valence-corrected chi connectivity index (χ3v) is 6.16. The van der Waals surface area contributed by atoms with E-state index >= 15 is 0 Å². The van der Waals surface area contributed by atoms with E-state index in [1.54, 1.807) is 12.1 Å². The molecule has 1 heterocycles. The van der Waals surface area contributed by atoms with Gasteiger partial charge < -0.3 is 9.67 Å². The van der Waals surface area contributed by atoms with Crippen LogP contribution in [-0.4, -0.2) is 15.6 Å². The number of hydrogen-bond donors (Lipinski definition) is 1. The zero-order valence-electron chi connectivity index (χ0n) is 16.0. The molecule has 4 aromatic rings. The van der Waals surface area contributed by atoms with Crippen molar-refractivity contribution in [1.29, 1.82) is 0 Å². The average Bonchev–Trinajstić information content (AvgIpc) is 3.06. The van der Waals surface area contributed by atoms with Gasteiger partial charge in [0.25, 0.3) is 0 Å². The van der Waals surface area contributed by atoms with E-state index in [0.717, 1.165) is 27.1 Å². The Bertz CT molecular complexity index is 1200. The number of rotatable bonds is 7. The molecule has 0 saturated carbocycles. The molecular formula is C24H19ClFNO2S. The first kappa shape index (κ1) is 20.5. The summed E-state index contributed by atoms with van der Waals surface area (Å²) in [6.07, 6.45) is 0.501. The molecular weight excluding hydrogens is 421 g/mol. The second-order valence-corrected chi connectivity index (χ2v) is 8.55. The molecule has 1 aromatic heterocycles. The van der Waals surface area contributed by atoms with Crippen LogP contribution in [0.15, 0.2) is 82.6 Å². The molecule has 0 unspecified atom stereocenters. The molecule has 0 bridgehead atoms. The Labute approximate surface area is 183 Å². The van der Waals surface area contributed by atoms with Crippen molar-refractivity contribution in [2.45, 2.75) is 29.2 Å². The van der Waals surface area contributed by atoms with E-state index in [1.807, 2.05) is 54.6 Å². The Hall–Kier alpha value is -2.76. The highest BCUT2D eigenvalue weighted by Gasteiger charge is 2.13. The minimum Gasteiger partial charge on any atom is -0.481 e. The van der Waals surface area contributed by atoms with Crippen LogP contribution in [0.1, 0.15) is 17.7 Å². The second-order valence-electron chi connectivity index (χ2n) is 7.00. The maximum absolute atomic E-state index is 14.0. The summed E-state index contributed by atoms with van der Waals surface area (Å²) in [5.74, 6) is -1.07. The van der Waals surface area contributed by atoms with Crippen LogP contribution in [0.5, 0.6) is 0 Å². The van der Waals surface area contributed by atoms with Gasteiger partial charge in [0.15, 0.2) is 0 Å². The Balaban J connectivity index is 1.70. The zero-order chi connectivity index (χ0) is 21.1. The molecule has 3 aromatic carbocycles. The maximum Gasteiger partial charge on any atom is 0.303 e. The number of carboxylic acid groups (broad SMARTS) is 1. The van der Waals surface area contributed by atoms with Crippen LogP contribution in [0.2, 0.25) is 5.02 Å². The van der Waals surface area contributed by atoms with E-state index in [-0.39, 0.29) is 12.2 Å². The van der Waals surface area contributed by atoms with Crippen molar-refractivity contribution in [3.05, 3.63) is 94.9 Å². The Morgan fingerprint density at radius 1 is 1.03 bits per heavy atom. The van der Waals surface area contributed by atoms with E-state index < -0.39 is 5.97 Å². The smallest absolute Gasteiger partial charge is 0.303 e. The van der Waals surface area contributed by atoms with Crippen molar-refractivity contribution in [2.24, 2.45) is 0 Å². The summed E-state index contributed by atoms with van der Waals surface area (Å²) in [5.41, 5.74) is 3.05. The fourth-order valence-electron chi connectivity index (χ4n) is 3.43. The molecule has 6 heteroatoms. The van der Waals surface area contributed by atoms with Gasteiger partial charge in [-0.05, 0) is 60.5 Å². The van der Waals surface area contributed by atoms with Gasteiger partial charge in [0.2, 0.25) is 0 Å². The fourth-order valence-corrected chi connectivity index (χ4v) is 4.44. The molecule has 152 valence electrons. The summed E-state index contributed by atoms with van der Waals surface area (Å²) in [6, 6.07) is 22.4. The van der Waals surface area contributed by atoms with Crippen LogP contribution in [0, 0.1) is 5.82 Å².